The van der Waals surface area contributed by atoms with E-state index in [0.717, 1.165) is 36.7 Å². The second kappa shape index (κ2) is 9.05. The third kappa shape index (κ3) is 5.11. The topological polar surface area (TPSA) is 96.5 Å². The van der Waals surface area contributed by atoms with E-state index in [0.29, 0.717) is 30.9 Å². The van der Waals surface area contributed by atoms with Crippen molar-refractivity contribution in [2.75, 3.05) is 41.2 Å². The molecule has 0 atom stereocenters. The number of anilines is 4. The smallest absolute Gasteiger partial charge is 0.264 e. The van der Waals surface area contributed by atoms with Crippen molar-refractivity contribution in [2.45, 2.75) is 11.8 Å². The van der Waals surface area contributed by atoms with E-state index < -0.39 is 26.6 Å². The molecule has 8 nitrogen and oxygen atoms in total. The van der Waals surface area contributed by atoms with E-state index in [1.165, 1.54) is 12.1 Å². The molecule has 0 bridgehead atoms. The van der Waals surface area contributed by atoms with Gasteiger partial charge in [0.1, 0.15) is 22.3 Å². The molecule has 11 heteroatoms. The fraction of sp³-hybridized carbons (Fsp3) is 0.238. The minimum absolute atomic E-state index is 0.221. The molecule has 1 saturated heterocycles. The maximum atomic E-state index is 13.9. The molecular formula is C21H21F2N5O3S. The molecule has 1 fully saturated rings. The first-order valence-corrected chi connectivity index (χ1v) is 11.3. The highest BCUT2D eigenvalue weighted by atomic mass is 32.2. The van der Waals surface area contributed by atoms with Crippen LogP contribution in [0, 0.1) is 18.6 Å². The van der Waals surface area contributed by atoms with E-state index in [1.807, 2.05) is 13.0 Å². The molecule has 1 aliphatic heterocycles. The molecule has 1 aliphatic rings. The van der Waals surface area contributed by atoms with Crippen molar-refractivity contribution >= 4 is 33.2 Å². The van der Waals surface area contributed by atoms with Crippen LogP contribution in [0.3, 0.4) is 0 Å². The molecule has 168 valence electrons. The third-order valence-corrected chi connectivity index (χ3v) is 6.17. The number of halogens is 2. The summed E-state index contributed by atoms with van der Waals surface area (Å²) in [5, 5.41) is 3.10. The molecule has 0 aliphatic carbocycles. The number of rotatable bonds is 6. The van der Waals surface area contributed by atoms with Gasteiger partial charge >= 0.3 is 0 Å². The van der Waals surface area contributed by atoms with Crippen LogP contribution in [0.25, 0.3) is 0 Å². The molecule has 0 unspecified atom stereocenters. The van der Waals surface area contributed by atoms with Crippen molar-refractivity contribution in [2.24, 2.45) is 0 Å². The van der Waals surface area contributed by atoms with E-state index in [1.54, 1.807) is 12.1 Å². The maximum absolute atomic E-state index is 13.9. The monoisotopic (exact) mass is 461 g/mol. The predicted molar refractivity (Wildman–Crippen MR) is 117 cm³/mol. The first-order valence-electron chi connectivity index (χ1n) is 9.83. The summed E-state index contributed by atoms with van der Waals surface area (Å²) in [4.78, 5) is 10.4. The van der Waals surface area contributed by atoms with Crippen LogP contribution < -0.4 is 14.9 Å². The summed E-state index contributed by atoms with van der Waals surface area (Å²) in [6.07, 6.45) is 0. The minimum atomic E-state index is -4.21. The van der Waals surface area contributed by atoms with Crippen LogP contribution in [0.15, 0.2) is 53.4 Å². The number of hydrogen-bond acceptors (Lipinski definition) is 7. The van der Waals surface area contributed by atoms with Crippen molar-refractivity contribution in [1.82, 2.24) is 9.97 Å². The van der Waals surface area contributed by atoms with Gasteiger partial charge in [-0.2, -0.15) is 4.98 Å². The zero-order chi connectivity index (χ0) is 22.7. The van der Waals surface area contributed by atoms with E-state index in [9.17, 15) is 17.2 Å². The lowest BCUT2D eigenvalue weighted by Gasteiger charge is -2.28. The Hall–Kier alpha value is -3.31. The number of ether oxygens (including phenoxy) is 1. The number of benzene rings is 2. The summed E-state index contributed by atoms with van der Waals surface area (Å²) in [7, 11) is -4.21. The van der Waals surface area contributed by atoms with Crippen molar-refractivity contribution < 1.29 is 21.9 Å². The molecule has 1 aromatic heterocycles. The highest BCUT2D eigenvalue weighted by Gasteiger charge is 2.20. The fourth-order valence-electron chi connectivity index (χ4n) is 3.22. The highest BCUT2D eigenvalue weighted by Crippen LogP contribution is 2.23. The molecular weight excluding hydrogens is 440 g/mol. The minimum Gasteiger partial charge on any atom is -0.378 e. The zero-order valence-electron chi connectivity index (χ0n) is 17.2. The summed E-state index contributed by atoms with van der Waals surface area (Å²) >= 11 is 0. The molecule has 0 radical (unpaired) electrons. The van der Waals surface area contributed by atoms with Crippen LogP contribution in [0.5, 0.6) is 0 Å². The van der Waals surface area contributed by atoms with Gasteiger partial charge in [0.25, 0.3) is 10.0 Å². The van der Waals surface area contributed by atoms with Gasteiger partial charge in [0, 0.05) is 42.3 Å². The van der Waals surface area contributed by atoms with Crippen LogP contribution in [-0.2, 0) is 14.8 Å². The number of morpholine rings is 1. The predicted octanol–water partition coefficient (Wildman–Crippen LogP) is 3.44. The van der Waals surface area contributed by atoms with Gasteiger partial charge in [-0.1, -0.05) is 0 Å². The van der Waals surface area contributed by atoms with Crippen LogP contribution in [-0.4, -0.2) is 44.7 Å². The van der Waals surface area contributed by atoms with E-state index in [2.05, 4.69) is 24.9 Å². The molecule has 32 heavy (non-hydrogen) atoms. The number of sulfonamides is 1. The van der Waals surface area contributed by atoms with Crippen LogP contribution in [0.2, 0.25) is 0 Å². The van der Waals surface area contributed by atoms with Gasteiger partial charge in [0.2, 0.25) is 5.95 Å². The quantitative estimate of drug-likeness (QED) is 0.581. The summed E-state index contributed by atoms with van der Waals surface area (Å²) in [6.45, 7) is 4.66. The number of hydrogen-bond donors (Lipinski definition) is 2. The van der Waals surface area contributed by atoms with Crippen molar-refractivity contribution in [3.8, 4) is 0 Å². The van der Waals surface area contributed by atoms with Crippen molar-refractivity contribution in [3.63, 3.8) is 0 Å². The first-order chi connectivity index (χ1) is 15.3. The molecule has 0 amide bonds. The second-order valence-electron chi connectivity index (χ2n) is 7.17. The van der Waals surface area contributed by atoms with Gasteiger partial charge in [-0.3, -0.25) is 4.72 Å². The summed E-state index contributed by atoms with van der Waals surface area (Å²) < 4.78 is 59.4. The lowest BCUT2D eigenvalue weighted by molar-refractivity contribution is 0.122. The van der Waals surface area contributed by atoms with Gasteiger partial charge in [-0.15, -0.1) is 0 Å². The Labute approximate surface area is 184 Å². The Bertz CT molecular complexity index is 1220. The molecule has 2 aromatic carbocycles. The van der Waals surface area contributed by atoms with Crippen molar-refractivity contribution in [1.29, 1.82) is 0 Å². The Morgan fingerprint density at radius 3 is 2.34 bits per heavy atom. The normalized spacial score (nSPS) is 14.3. The average molecular weight is 461 g/mol. The van der Waals surface area contributed by atoms with E-state index >= 15 is 0 Å². The van der Waals surface area contributed by atoms with Gasteiger partial charge in [-0.05, 0) is 43.3 Å². The zero-order valence-corrected chi connectivity index (χ0v) is 18.0. The molecule has 2 N–H and O–H groups in total. The summed E-state index contributed by atoms with van der Waals surface area (Å²) in [5.74, 6) is -0.808. The van der Waals surface area contributed by atoms with Crippen molar-refractivity contribution in [3.05, 3.63) is 65.9 Å². The molecule has 2 heterocycles. The maximum Gasteiger partial charge on any atom is 0.264 e. The number of nitrogens with one attached hydrogen (secondary N) is 2. The molecule has 0 spiro atoms. The van der Waals surface area contributed by atoms with Crippen LogP contribution in [0.4, 0.5) is 31.9 Å². The second-order valence-corrected chi connectivity index (χ2v) is 8.82. The fourth-order valence-corrected chi connectivity index (χ4v) is 4.34. The van der Waals surface area contributed by atoms with E-state index in [-0.39, 0.29) is 5.69 Å². The number of aryl methyl sites for hydroxylation is 1. The lowest BCUT2D eigenvalue weighted by Crippen LogP contribution is -2.36. The molecule has 0 saturated carbocycles. The summed E-state index contributed by atoms with van der Waals surface area (Å²) in [5.41, 5.74) is 1.66. The Morgan fingerprint density at radius 1 is 0.969 bits per heavy atom. The molecule has 3 aromatic rings. The van der Waals surface area contributed by atoms with Gasteiger partial charge in [0.05, 0.1) is 13.2 Å². The Kier molecular flexibility index (Phi) is 6.19. The molecule has 4 rings (SSSR count). The lowest BCUT2D eigenvalue weighted by atomic mass is 10.3. The summed E-state index contributed by atoms with van der Waals surface area (Å²) in [6, 6.07) is 10.5. The van der Waals surface area contributed by atoms with Crippen LogP contribution in [0.1, 0.15) is 5.69 Å². The van der Waals surface area contributed by atoms with Gasteiger partial charge in [0.15, 0.2) is 0 Å². The Morgan fingerprint density at radius 2 is 1.66 bits per heavy atom. The highest BCUT2D eigenvalue weighted by molar-refractivity contribution is 7.92. The SMILES string of the molecule is Cc1cc(N2CCOCC2)nc(Nc2ccc(NS(=O)(=O)c3ccc(F)cc3F)cc2)n1. The van der Waals surface area contributed by atoms with Gasteiger partial charge in [-0.25, -0.2) is 22.2 Å². The number of aromatic nitrogens is 2. The van der Waals surface area contributed by atoms with Gasteiger partial charge < -0.3 is 15.0 Å². The number of nitrogens with zero attached hydrogens (tertiary/aromatic N) is 3. The Balaban J connectivity index is 1.48. The largest absolute Gasteiger partial charge is 0.378 e. The average Bonchev–Trinajstić information content (AvgIpc) is 2.75. The third-order valence-electron chi connectivity index (χ3n) is 4.75. The van der Waals surface area contributed by atoms with E-state index in [4.69, 9.17) is 4.74 Å². The first kappa shape index (κ1) is 21.9. The standard InChI is InChI=1S/C21H21F2N5O3S/c1-14-12-20(28-8-10-31-11-9-28)26-21(24-14)25-16-3-5-17(6-4-16)27-32(29,30)19-7-2-15(22)13-18(19)23/h2-7,12-13,27H,8-11H2,1H3,(H,24,25,26). The van der Waals surface area contributed by atoms with Crippen LogP contribution >= 0.6 is 0 Å².